The van der Waals surface area contributed by atoms with Gasteiger partial charge in [0.1, 0.15) is 0 Å². The summed E-state index contributed by atoms with van der Waals surface area (Å²) in [5.41, 5.74) is 9.66. The van der Waals surface area contributed by atoms with Gasteiger partial charge >= 0.3 is 0 Å². The molecule has 0 radical (unpaired) electrons. The maximum absolute atomic E-state index is 5.96. The van der Waals surface area contributed by atoms with Crippen LogP contribution in [-0.2, 0) is 6.42 Å². The zero-order valence-electron chi connectivity index (χ0n) is 12.5. The Morgan fingerprint density at radius 3 is 2.71 bits per heavy atom. The van der Waals surface area contributed by atoms with Gasteiger partial charge in [-0.2, -0.15) is 0 Å². The Bertz CT molecular complexity index is 603. The van der Waals surface area contributed by atoms with Crippen molar-refractivity contribution in [3.63, 3.8) is 0 Å². The van der Waals surface area contributed by atoms with E-state index in [2.05, 4.69) is 41.1 Å². The summed E-state index contributed by atoms with van der Waals surface area (Å²) < 4.78 is 0. The van der Waals surface area contributed by atoms with Crippen LogP contribution in [0.5, 0.6) is 0 Å². The molecule has 1 fully saturated rings. The molecular formula is C17H22N4. The van der Waals surface area contributed by atoms with Gasteiger partial charge in [0.15, 0.2) is 0 Å². The van der Waals surface area contributed by atoms with Crippen LogP contribution in [0.1, 0.15) is 29.7 Å². The van der Waals surface area contributed by atoms with Crippen molar-refractivity contribution in [3.8, 4) is 0 Å². The number of benzene rings is 1. The van der Waals surface area contributed by atoms with E-state index < -0.39 is 0 Å². The van der Waals surface area contributed by atoms with Gasteiger partial charge in [0.25, 0.3) is 0 Å². The number of nitrogens with zero attached hydrogens (tertiary/aromatic N) is 3. The second-order valence-electron chi connectivity index (χ2n) is 5.78. The lowest BCUT2D eigenvalue weighted by Gasteiger charge is -2.30. The monoisotopic (exact) mass is 282 g/mol. The first-order valence-electron chi connectivity index (χ1n) is 7.59. The number of aromatic nitrogens is 2. The Morgan fingerprint density at radius 1 is 1.19 bits per heavy atom. The predicted molar refractivity (Wildman–Crippen MR) is 85.4 cm³/mol. The molecule has 4 heteroatoms. The molecule has 2 N–H and O–H groups in total. The predicted octanol–water partition coefficient (Wildman–Crippen LogP) is 2.30. The van der Waals surface area contributed by atoms with Crippen molar-refractivity contribution in [2.75, 3.05) is 18.0 Å². The first-order chi connectivity index (χ1) is 10.2. The summed E-state index contributed by atoms with van der Waals surface area (Å²) >= 11 is 0. The van der Waals surface area contributed by atoms with E-state index in [0.29, 0.717) is 6.04 Å². The summed E-state index contributed by atoms with van der Waals surface area (Å²) in [7, 11) is 0. The normalized spacial score (nSPS) is 16.2. The molecule has 1 aromatic carbocycles. The minimum Gasteiger partial charge on any atom is -0.341 e. The summed E-state index contributed by atoms with van der Waals surface area (Å²) in [4.78, 5) is 11.4. The summed E-state index contributed by atoms with van der Waals surface area (Å²) in [6.45, 7) is 4.05. The fourth-order valence-corrected chi connectivity index (χ4v) is 2.74. The highest BCUT2D eigenvalue weighted by Gasteiger charge is 2.18. The van der Waals surface area contributed by atoms with Gasteiger partial charge in [0, 0.05) is 31.7 Å². The molecule has 0 bridgehead atoms. The Balaban J connectivity index is 1.76. The van der Waals surface area contributed by atoms with Crippen molar-refractivity contribution >= 4 is 5.95 Å². The Hall–Kier alpha value is -1.94. The van der Waals surface area contributed by atoms with Gasteiger partial charge in [0.05, 0.1) is 5.69 Å². The third kappa shape index (κ3) is 3.39. The molecule has 1 aliphatic heterocycles. The van der Waals surface area contributed by atoms with Crippen LogP contribution in [0.25, 0.3) is 0 Å². The molecule has 1 saturated heterocycles. The molecule has 0 saturated carbocycles. The second-order valence-corrected chi connectivity index (χ2v) is 5.78. The quantitative estimate of drug-likeness (QED) is 0.938. The van der Waals surface area contributed by atoms with Gasteiger partial charge in [-0.15, -0.1) is 0 Å². The molecule has 2 heterocycles. The Morgan fingerprint density at radius 2 is 1.95 bits per heavy atom. The van der Waals surface area contributed by atoms with E-state index in [1.807, 2.05) is 12.3 Å². The summed E-state index contributed by atoms with van der Waals surface area (Å²) in [6, 6.07) is 10.8. The van der Waals surface area contributed by atoms with Crippen LogP contribution < -0.4 is 10.6 Å². The minimum atomic E-state index is 0.330. The lowest BCUT2D eigenvalue weighted by atomic mass is 10.0. The fraction of sp³-hybridized carbons (Fsp3) is 0.412. The second kappa shape index (κ2) is 6.22. The van der Waals surface area contributed by atoms with Crippen molar-refractivity contribution in [2.45, 2.75) is 32.2 Å². The van der Waals surface area contributed by atoms with Crippen LogP contribution >= 0.6 is 0 Å². The highest BCUT2D eigenvalue weighted by atomic mass is 15.3. The van der Waals surface area contributed by atoms with Crippen LogP contribution in [0.4, 0.5) is 5.95 Å². The van der Waals surface area contributed by atoms with Gasteiger partial charge in [-0.25, -0.2) is 9.97 Å². The van der Waals surface area contributed by atoms with Crippen LogP contribution in [0, 0.1) is 6.92 Å². The molecule has 110 valence electrons. The van der Waals surface area contributed by atoms with Gasteiger partial charge in [-0.05, 0) is 37.0 Å². The van der Waals surface area contributed by atoms with Crippen molar-refractivity contribution < 1.29 is 0 Å². The third-order valence-corrected chi connectivity index (χ3v) is 4.16. The summed E-state index contributed by atoms with van der Waals surface area (Å²) in [6.07, 6.45) is 4.76. The van der Waals surface area contributed by atoms with Crippen molar-refractivity contribution in [1.29, 1.82) is 0 Å². The average molecular weight is 282 g/mol. The van der Waals surface area contributed by atoms with Gasteiger partial charge in [-0.3, -0.25) is 0 Å². The molecule has 0 unspecified atom stereocenters. The maximum atomic E-state index is 5.96. The summed E-state index contributed by atoms with van der Waals surface area (Å²) in [5, 5.41) is 0. The zero-order chi connectivity index (χ0) is 14.7. The molecule has 0 aliphatic carbocycles. The first kappa shape index (κ1) is 14.0. The van der Waals surface area contributed by atoms with Crippen molar-refractivity contribution in [2.24, 2.45) is 5.73 Å². The van der Waals surface area contributed by atoms with E-state index in [9.17, 15) is 0 Å². The number of aryl methyl sites for hydroxylation is 1. The van der Waals surface area contributed by atoms with Crippen LogP contribution in [0.15, 0.2) is 36.5 Å². The topological polar surface area (TPSA) is 55.0 Å². The molecule has 4 nitrogen and oxygen atoms in total. The smallest absolute Gasteiger partial charge is 0.225 e. The number of rotatable bonds is 3. The fourth-order valence-electron chi connectivity index (χ4n) is 2.74. The van der Waals surface area contributed by atoms with Crippen molar-refractivity contribution in [3.05, 3.63) is 53.3 Å². The molecule has 3 rings (SSSR count). The largest absolute Gasteiger partial charge is 0.341 e. The lowest BCUT2D eigenvalue weighted by molar-refractivity contribution is 0.495. The van der Waals surface area contributed by atoms with Gasteiger partial charge in [0.2, 0.25) is 5.95 Å². The molecule has 0 amide bonds. The van der Waals surface area contributed by atoms with E-state index in [-0.39, 0.29) is 0 Å². The molecule has 2 aromatic rings. The van der Waals surface area contributed by atoms with Gasteiger partial charge < -0.3 is 10.6 Å². The van der Waals surface area contributed by atoms with E-state index in [1.54, 1.807) is 0 Å². The lowest BCUT2D eigenvalue weighted by Crippen LogP contribution is -2.40. The van der Waals surface area contributed by atoms with Gasteiger partial charge in [-0.1, -0.05) is 24.3 Å². The highest BCUT2D eigenvalue weighted by Crippen LogP contribution is 2.17. The average Bonchev–Trinajstić information content (AvgIpc) is 2.51. The SMILES string of the molecule is Cc1ccccc1Cc1ccnc(N2CCC(N)CC2)n1. The van der Waals surface area contributed by atoms with E-state index >= 15 is 0 Å². The van der Waals surface area contributed by atoms with Crippen LogP contribution in [0.3, 0.4) is 0 Å². The van der Waals surface area contributed by atoms with E-state index in [0.717, 1.165) is 44.0 Å². The Kier molecular flexibility index (Phi) is 4.15. The Labute approximate surface area is 126 Å². The highest BCUT2D eigenvalue weighted by molar-refractivity contribution is 5.34. The number of nitrogens with two attached hydrogens (primary N) is 1. The first-order valence-corrected chi connectivity index (χ1v) is 7.59. The molecule has 1 aliphatic rings. The molecule has 21 heavy (non-hydrogen) atoms. The molecule has 1 aromatic heterocycles. The number of hydrogen-bond acceptors (Lipinski definition) is 4. The maximum Gasteiger partial charge on any atom is 0.225 e. The van der Waals surface area contributed by atoms with Crippen LogP contribution in [0.2, 0.25) is 0 Å². The summed E-state index contributed by atoms with van der Waals surface area (Å²) in [5.74, 6) is 0.841. The number of hydrogen-bond donors (Lipinski definition) is 1. The van der Waals surface area contributed by atoms with Crippen LogP contribution in [-0.4, -0.2) is 29.1 Å². The number of piperidine rings is 1. The van der Waals surface area contributed by atoms with Crippen molar-refractivity contribution in [1.82, 2.24) is 9.97 Å². The third-order valence-electron chi connectivity index (χ3n) is 4.16. The minimum absolute atomic E-state index is 0.330. The molecule has 0 spiro atoms. The number of anilines is 1. The zero-order valence-corrected chi connectivity index (χ0v) is 12.5. The van der Waals surface area contributed by atoms with E-state index in [1.165, 1.54) is 11.1 Å². The molecule has 0 atom stereocenters. The standard InChI is InChI=1S/C17H22N4/c1-13-4-2-3-5-14(13)12-16-6-9-19-17(20-16)21-10-7-15(18)8-11-21/h2-6,9,15H,7-8,10-12,18H2,1H3. The van der Waals surface area contributed by atoms with E-state index in [4.69, 9.17) is 10.7 Å². The molecular weight excluding hydrogens is 260 g/mol.